The highest BCUT2D eigenvalue weighted by atomic mass is 16.3. The summed E-state index contributed by atoms with van der Waals surface area (Å²) in [5.41, 5.74) is 4.87. The number of aliphatic hydroxyl groups is 1. The van der Waals surface area contributed by atoms with Crippen LogP contribution in [0.25, 0.3) is 0 Å². The molecule has 0 radical (unpaired) electrons. The average molecular weight is 214 g/mol. The highest BCUT2D eigenvalue weighted by Crippen LogP contribution is 2.23. The van der Waals surface area contributed by atoms with E-state index in [1.165, 1.54) is 0 Å². The van der Waals surface area contributed by atoms with Crippen molar-refractivity contribution in [2.45, 2.75) is 51.2 Å². The van der Waals surface area contributed by atoms with Crippen molar-refractivity contribution in [1.29, 1.82) is 0 Å². The zero-order chi connectivity index (χ0) is 11.5. The minimum Gasteiger partial charge on any atom is -0.393 e. The minimum atomic E-state index is -0.797. The van der Waals surface area contributed by atoms with Gasteiger partial charge in [-0.05, 0) is 45.4 Å². The van der Waals surface area contributed by atoms with E-state index in [2.05, 4.69) is 5.32 Å². The standard InChI is InChI=1S/C11H22N2O2/c1-11(2,12)10(15)13-7-8-3-5-9(14)6-4-8/h8-9,14H,3-7,12H2,1-2H3,(H,13,15). The summed E-state index contributed by atoms with van der Waals surface area (Å²) in [5.74, 6) is 0.397. The first-order chi connectivity index (χ1) is 6.89. The van der Waals surface area contributed by atoms with Crippen LogP contribution >= 0.6 is 0 Å². The summed E-state index contributed by atoms with van der Waals surface area (Å²) in [6, 6.07) is 0. The molecule has 1 aliphatic carbocycles. The van der Waals surface area contributed by atoms with Gasteiger partial charge in [0.1, 0.15) is 0 Å². The quantitative estimate of drug-likeness (QED) is 0.636. The van der Waals surface area contributed by atoms with Crippen LogP contribution in [0.5, 0.6) is 0 Å². The van der Waals surface area contributed by atoms with E-state index < -0.39 is 5.54 Å². The number of nitrogens with two attached hydrogens (primary N) is 1. The van der Waals surface area contributed by atoms with E-state index in [1.54, 1.807) is 13.8 Å². The Hall–Kier alpha value is -0.610. The van der Waals surface area contributed by atoms with Crippen molar-refractivity contribution in [2.75, 3.05) is 6.54 Å². The molecule has 15 heavy (non-hydrogen) atoms. The van der Waals surface area contributed by atoms with Crippen LogP contribution in [0.2, 0.25) is 0 Å². The van der Waals surface area contributed by atoms with Gasteiger partial charge in [-0.25, -0.2) is 0 Å². The summed E-state index contributed by atoms with van der Waals surface area (Å²) >= 11 is 0. The molecular formula is C11H22N2O2. The van der Waals surface area contributed by atoms with Gasteiger partial charge in [-0.15, -0.1) is 0 Å². The summed E-state index contributed by atoms with van der Waals surface area (Å²) < 4.78 is 0. The van der Waals surface area contributed by atoms with Crippen LogP contribution in [0.15, 0.2) is 0 Å². The molecule has 1 fully saturated rings. The first kappa shape index (κ1) is 12.5. The Balaban J connectivity index is 2.23. The monoisotopic (exact) mass is 214 g/mol. The van der Waals surface area contributed by atoms with Gasteiger partial charge < -0.3 is 16.2 Å². The van der Waals surface area contributed by atoms with Gasteiger partial charge in [0, 0.05) is 6.54 Å². The molecule has 0 spiro atoms. The maximum Gasteiger partial charge on any atom is 0.239 e. The Kier molecular flexibility index (Phi) is 4.11. The van der Waals surface area contributed by atoms with Crippen LogP contribution in [0.1, 0.15) is 39.5 Å². The number of carbonyl (C=O) groups excluding carboxylic acids is 1. The SMILES string of the molecule is CC(C)(N)C(=O)NCC1CCC(O)CC1. The summed E-state index contributed by atoms with van der Waals surface area (Å²) in [6.45, 7) is 4.09. The lowest BCUT2D eigenvalue weighted by atomic mass is 9.87. The smallest absolute Gasteiger partial charge is 0.239 e. The fraction of sp³-hybridized carbons (Fsp3) is 0.909. The topological polar surface area (TPSA) is 75.4 Å². The molecular weight excluding hydrogens is 192 g/mol. The lowest BCUT2D eigenvalue weighted by Gasteiger charge is -2.27. The minimum absolute atomic E-state index is 0.103. The summed E-state index contributed by atoms with van der Waals surface area (Å²) in [7, 11) is 0. The average Bonchev–Trinajstić information content (AvgIpc) is 2.15. The van der Waals surface area contributed by atoms with Gasteiger partial charge in [0.05, 0.1) is 11.6 Å². The number of amides is 1. The third-order valence-corrected chi connectivity index (χ3v) is 2.95. The second-order valence-corrected chi connectivity index (χ2v) is 5.11. The number of hydrogen-bond donors (Lipinski definition) is 3. The second-order valence-electron chi connectivity index (χ2n) is 5.11. The molecule has 1 saturated carbocycles. The molecule has 0 heterocycles. The number of aliphatic hydroxyl groups excluding tert-OH is 1. The molecule has 1 aliphatic rings. The Labute approximate surface area is 91.2 Å². The van der Waals surface area contributed by atoms with E-state index in [0.717, 1.165) is 25.7 Å². The third-order valence-electron chi connectivity index (χ3n) is 2.95. The van der Waals surface area contributed by atoms with E-state index in [4.69, 9.17) is 5.73 Å². The highest BCUT2D eigenvalue weighted by molar-refractivity contribution is 5.84. The van der Waals surface area contributed by atoms with E-state index in [9.17, 15) is 9.90 Å². The van der Waals surface area contributed by atoms with Crippen molar-refractivity contribution in [2.24, 2.45) is 11.7 Å². The number of hydrogen-bond acceptors (Lipinski definition) is 3. The van der Waals surface area contributed by atoms with Crippen LogP contribution in [-0.2, 0) is 4.79 Å². The van der Waals surface area contributed by atoms with Crippen LogP contribution in [-0.4, -0.2) is 29.2 Å². The molecule has 0 unspecified atom stereocenters. The second kappa shape index (κ2) is 4.94. The van der Waals surface area contributed by atoms with Gasteiger partial charge in [0.2, 0.25) is 5.91 Å². The zero-order valence-corrected chi connectivity index (χ0v) is 9.62. The van der Waals surface area contributed by atoms with E-state index >= 15 is 0 Å². The Morgan fingerprint density at radius 3 is 2.40 bits per heavy atom. The van der Waals surface area contributed by atoms with Crippen molar-refractivity contribution in [3.8, 4) is 0 Å². The summed E-state index contributed by atoms with van der Waals surface area (Å²) in [5, 5.41) is 12.2. The summed E-state index contributed by atoms with van der Waals surface area (Å²) in [4.78, 5) is 11.5. The lowest BCUT2D eigenvalue weighted by Crippen LogP contribution is -2.50. The molecule has 88 valence electrons. The van der Waals surface area contributed by atoms with Gasteiger partial charge in [0.15, 0.2) is 0 Å². The molecule has 0 bridgehead atoms. The molecule has 0 saturated heterocycles. The Morgan fingerprint density at radius 2 is 1.93 bits per heavy atom. The van der Waals surface area contributed by atoms with Crippen molar-refractivity contribution >= 4 is 5.91 Å². The van der Waals surface area contributed by atoms with Crippen molar-refractivity contribution < 1.29 is 9.90 Å². The van der Waals surface area contributed by atoms with Crippen LogP contribution in [0, 0.1) is 5.92 Å². The Morgan fingerprint density at radius 1 is 1.40 bits per heavy atom. The van der Waals surface area contributed by atoms with Gasteiger partial charge in [-0.2, -0.15) is 0 Å². The molecule has 0 aromatic carbocycles. The molecule has 4 N–H and O–H groups in total. The van der Waals surface area contributed by atoms with Gasteiger partial charge >= 0.3 is 0 Å². The van der Waals surface area contributed by atoms with Gasteiger partial charge in [-0.1, -0.05) is 0 Å². The van der Waals surface area contributed by atoms with E-state index in [1.807, 2.05) is 0 Å². The molecule has 0 aliphatic heterocycles. The highest BCUT2D eigenvalue weighted by Gasteiger charge is 2.24. The maximum atomic E-state index is 11.5. The molecule has 0 aromatic heterocycles. The van der Waals surface area contributed by atoms with Crippen molar-refractivity contribution in [1.82, 2.24) is 5.32 Å². The molecule has 0 aromatic rings. The molecule has 1 rings (SSSR count). The maximum absolute atomic E-state index is 11.5. The first-order valence-electron chi connectivity index (χ1n) is 5.65. The van der Waals surface area contributed by atoms with Crippen LogP contribution < -0.4 is 11.1 Å². The van der Waals surface area contributed by atoms with Gasteiger partial charge in [-0.3, -0.25) is 4.79 Å². The predicted molar refractivity (Wildman–Crippen MR) is 59.2 cm³/mol. The number of rotatable bonds is 3. The third kappa shape index (κ3) is 4.18. The molecule has 1 amide bonds. The molecule has 4 nitrogen and oxygen atoms in total. The molecule has 0 atom stereocenters. The van der Waals surface area contributed by atoms with Gasteiger partial charge in [0.25, 0.3) is 0 Å². The Bertz CT molecular complexity index is 215. The van der Waals surface area contributed by atoms with Crippen LogP contribution in [0.3, 0.4) is 0 Å². The molecule has 4 heteroatoms. The van der Waals surface area contributed by atoms with Crippen molar-refractivity contribution in [3.63, 3.8) is 0 Å². The normalized spacial score (nSPS) is 27.5. The first-order valence-corrected chi connectivity index (χ1v) is 5.65. The van der Waals surface area contributed by atoms with Crippen LogP contribution in [0.4, 0.5) is 0 Å². The summed E-state index contributed by atoms with van der Waals surface area (Å²) in [6.07, 6.45) is 3.56. The lowest BCUT2D eigenvalue weighted by molar-refractivity contribution is -0.125. The van der Waals surface area contributed by atoms with E-state index in [0.29, 0.717) is 12.5 Å². The fourth-order valence-electron chi connectivity index (χ4n) is 1.81. The zero-order valence-electron chi connectivity index (χ0n) is 9.62. The largest absolute Gasteiger partial charge is 0.393 e. The number of carbonyl (C=O) groups is 1. The van der Waals surface area contributed by atoms with E-state index in [-0.39, 0.29) is 12.0 Å². The number of nitrogens with one attached hydrogen (secondary N) is 1. The predicted octanol–water partition coefficient (Wildman–Crippen LogP) is 0.391. The van der Waals surface area contributed by atoms with Crippen molar-refractivity contribution in [3.05, 3.63) is 0 Å². The fourth-order valence-corrected chi connectivity index (χ4v) is 1.81.